The van der Waals surface area contributed by atoms with Crippen LogP contribution >= 0.6 is 0 Å². The van der Waals surface area contributed by atoms with Crippen LogP contribution in [0.15, 0.2) is 0 Å². The number of ether oxygens (including phenoxy) is 1. The van der Waals surface area contributed by atoms with Crippen LogP contribution in [0.1, 0.15) is 38.5 Å². The average molecular weight is 217 g/mol. The first kappa shape index (κ1) is 14.4. The van der Waals surface area contributed by atoms with E-state index in [9.17, 15) is 4.79 Å². The summed E-state index contributed by atoms with van der Waals surface area (Å²) in [6, 6.07) is 0. The van der Waals surface area contributed by atoms with Crippen LogP contribution in [-0.4, -0.2) is 37.9 Å². The zero-order valence-electron chi connectivity index (χ0n) is 9.63. The second kappa shape index (κ2) is 11.5. The van der Waals surface area contributed by atoms with Crippen molar-refractivity contribution in [1.82, 2.24) is 5.32 Å². The average Bonchev–Trinajstić information content (AvgIpc) is 2.26. The van der Waals surface area contributed by atoms with Gasteiger partial charge in [-0.3, -0.25) is 4.79 Å². The van der Waals surface area contributed by atoms with E-state index in [-0.39, 0.29) is 5.91 Å². The van der Waals surface area contributed by atoms with Gasteiger partial charge in [0.25, 0.3) is 0 Å². The van der Waals surface area contributed by atoms with Crippen LogP contribution in [0.2, 0.25) is 0 Å². The van der Waals surface area contributed by atoms with Crippen LogP contribution in [-0.2, 0) is 9.53 Å². The van der Waals surface area contributed by atoms with E-state index in [2.05, 4.69) is 5.32 Å². The second-order valence-electron chi connectivity index (χ2n) is 3.62. The van der Waals surface area contributed by atoms with E-state index in [1.165, 1.54) is 19.3 Å². The summed E-state index contributed by atoms with van der Waals surface area (Å²) in [7, 11) is 1.73. The van der Waals surface area contributed by atoms with Crippen molar-refractivity contribution >= 4 is 5.91 Å². The Morgan fingerprint density at radius 2 is 1.73 bits per heavy atom. The molecule has 4 nitrogen and oxygen atoms in total. The molecule has 0 aromatic carbocycles. The summed E-state index contributed by atoms with van der Waals surface area (Å²) < 4.78 is 4.95. The molecule has 0 bridgehead atoms. The molecule has 0 aromatic heterocycles. The molecule has 0 heterocycles. The molecule has 0 aromatic rings. The number of unbranched alkanes of at least 4 members (excludes halogenated alkanes) is 5. The van der Waals surface area contributed by atoms with E-state index in [1.807, 2.05) is 0 Å². The Morgan fingerprint density at radius 3 is 2.33 bits per heavy atom. The van der Waals surface area contributed by atoms with Gasteiger partial charge >= 0.3 is 0 Å². The van der Waals surface area contributed by atoms with Gasteiger partial charge in [-0.1, -0.05) is 25.7 Å². The molecule has 0 saturated heterocycles. The number of hydrogen-bond donors (Lipinski definition) is 2. The number of aliphatic hydroxyl groups is 1. The monoisotopic (exact) mass is 217 g/mol. The number of carbonyl (C=O) groups is 1. The Bertz CT molecular complexity index is 151. The Morgan fingerprint density at radius 1 is 1.13 bits per heavy atom. The van der Waals surface area contributed by atoms with Crippen molar-refractivity contribution in [2.75, 3.05) is 26.9 Å². The Balaban J connectivity index is 2.95. The van der Waals surface area contributed by atoms with Crippen LogP contribution < -0.4 is 5.32 Å². The van der Waals surface area contributed by atoms with Crippen molar-refractivity contribution in [3.05, 3.63) is 0 Å². The van der Waals surface area contributed by atoms with Gasteiger partial charge in [-0.2, -0.15) is 0 Å². The number of rotatable bonds is 10. The summed E-state index contributed by atoms with van der Waals surface area (Å²) in [5, 5.41) is 11.1. The zero-order chi connectivity index (χ0) is 11.4. The van der Waals surface area contributed by atoms with Crippen LogP contribution in [0.3, 0.4) is 0 Å². The van der Waals surface area contributed by atoms with Crippen molar-refractivity contribution in [2.45, 2.75) is 38.5 Å². The third-order valence-corrected chi connectivity index (χ3v) is 2.24. The lowest BCUT2D eigenvalue weighted by Crippen LogP contribution is -2.26. The molecule has 0 radical (unpaired) electrons. The molecule has 15 heavy (non-hydrogen) atoms. The smallest absolute Gasteiger partial charge is 0.245 e. The molecule has 0 saturated carbocycles. The maximum atomic E-state index is 10.6. The highest BCUT2D eigenvalue weighted by Crippen LogP contribution is 2.04. The van der Waals surface area contributed by atoms with Gasteiger partial charge < -0.3 is 15.2 Å². The summed E-state index contributed by atoms with van der Waals surface area (Å²) in [6.07, 6.45) is 6.93. The molecule has 0 atom stereocenters. The van der Waals surface area contributed by atoms with E-state index < -0.39 is 6.61 Å². The fourth-order valence-electron chi connectivity index (χ4n) is 1.36. The lowest BCUT2D eigenvalue weighted by molar-refractivity contribution is -0.123. The highest BCUT2D eigenvalue weighted by molar-refractivity contribution is 5.76. The van der Waals surface area contributed by atoms with E-state index >= 15 is 0 Å². The molecule has 0 rings (SSSR count). The molecule has 1 amide bonds. The van der Waals surface area contributed by atoms with E-state index in [0.717, 1.165) is 25.9 Å². The molecular weight excluding hydrogens is 194 g/mol. The lowest BCUT2D eigenvalue weighted by Gasteiger charge is -2.03. The molecule has 0 aliphatic carbocycles. The lowest BCUT2D eigenvalue weighted by atomic mass is 10.1. The molecule has 0 fully saturated rings. The Hall–Kier alpha value is -0.610. The maximum absolute atomic E-state index is 10.6. The van der Waals surface area contributed by atoms with Gasteiger partial charge in [0.15, 0.2) is 0 Å². The summed E-state index contributed by atoms with van der Waals surface area (Å²) in [5.41, 5.74) is 0. The first-order chi connectivity index (χ1) is 7.31. The van der Waals surface area contributed by atoms with Crippen molar-refractivity contribution in [1.29, 1.82) is 0 Å². The number of methoxy groups -OCH3 is 1. The van der Waals surface area contributed by atoms with Crippen LogP contribution in [0.4, 0.5) is 0 Å². The number of aliphatic hydroxyl groups excluding tert-OH is 1. The number of nitrogens with one attached hydrogen (secondary N) is 1. The minimum Gasteiger partial charge on any atom is -0.387 e. The van der Waals surface area contributed by atoms with Gasteiger partial charge in [0, 0.05) is 20.3 Å². The maximum Gasteiger partial charge on any atom is 0.245 e. The highest BCUT2D eigenvalue weighted by atomic mass is 16.5. The predicted octanol–water partition coefficient (Wildman–Crippen LogP) is 1.08. The van der Waals surface area contributed by atoms with Crippen molar-refractivity contribution in [3.8, 4) is 0 Å². The van der Waals surface area contributed by atoms with Gasteiger partial charge in [0.05, 0.1) is 0 Å². The molecule has 0 unspecified atom stereocenters. The van der Waals surface area contributed by atoms with Gasteiger partial charge in [0.2, 0.25) is 5.91 Å². The molecule has 0 spiro atoms. The van der Waals surface area contributed by atoms with Gasteiger partial charge in [-0.25, -0.2) is 0 Å². The molecule has 0 aliphatic rings. The summed E-state index contributed by atoms with van der Waals surface area (Å²) in [6.45, 7) is 1.13. The zero-order valence-corrected chi connectivity index (χ0v) is 9.63. The minimum absolute atomic E-state index is 0.282. The van der Waals surface area contributed by atoms with Gasteiger partial charge in [0.1, 0.15) is 6.61 Å². The van der Waals surface area contributed by atoms with Gasteiger partial charge in [-0.05, 0) is 12.8 Å². The first-order valence-electron chi connectivity index (χ1n) is 5.67. The summed E-state index contributed by atoms with van der Waals surface area (Å²) in [5.74, 6) is -0.282. The van der Waals surface area contributed by atoms with Crippen LogP contribution in [0, 0.1) is 0 Å². The highest BCUT2D eigenvalue weighted by Gasteiger charge is 1.96. The van der Waals surface area contributed by atoms with Gasteiger partial charge in [-0.15, -0.1) is 0 Å². The molecule has 4 heteroatoms. The van der Waals surface area contributed by atoms with Crippen molar-refractivity contribution in [3.63, 3.8) is 0 Å². The quantitative estimate of drug-likeness (QED) is 0.538. The fraction of sp³-hybridized carbons (Fsp3) is 0.909. The first-order valence-corrected chi connectivity index (χ1v) is 5.67. The largest absolute Gasteiger partial charge is 0.387 e. The van der Waals surface area contributed by atoms with Crippen LogP contribution in [0.5, 0.6) is 0 Å². The Labute approximate surface area is 92.0 Å². The van der Waals surface area contributed by atoms with Crippen molar-refractivity contribution in [2.24, 2.45) is 0 Å². The topological polar surface area (TPSA) is 58.6 Å². The van der Waals surface area contributed by atoms with Crippen LogP contribution in [0.25, 0.3) is 0 Å². The standard InChI is InChI=1S/C11H23NO3/c1-15-9-7-5-3-2-4-6-8-12-11(14)10-13/h13H,2-10H2,1H3,(H,12,14). The third-order valence-electron chi connectivity index (χ3n) is 2.24. The van der Waals surface area contributed by atoms with E-state index in [0.29, 0.717) is 6.54 Å². The number of amides is 1. The molecular formula is C11H23NO3. The number of carbonyl (C=O) groups excluding carboxylic acids is 1. The molecule has 2 N–H and O–H groups in total. The Kier molecular flexibility index (Phi) is 11.0. The predicted molar refractivity (Wildman–Crippen MR) is 59.7 cm³/mol. The molecule has 0 aliphatic heterocycles. The normalized spacial score (nSPS) is 10.3. The van der Waals surface area contributed by atoms with E-state index in [1.54, 1.807) is 7.11 Å². The SMILES string of the molecule is COCCCCCCCCNC(=O)CO. The number of hydrogen-bond acceptors (Lipinski definition) is 3. The molecule has 90 valence electrons. The van der Waals surface area contributed by atoms with E-state index in [4.69, 9.17) is 9.84 Å². The van der Waals surface area contributed by atoms with Crippen molar-refractivity contribution < 1.29 is 14.6 Å². The summed E-state index contributed by atoms with van der Waals surface area (Å²) >= 11 is 0. The second-order valence-corrected chi connectivity index (χ2v) is 3.62. The fourth-order valence-corrected chi connectivity index (χ4v) is 1.36. The third kappa shape index (κ3) is 11.3. The minimum atomic E-state index is -0.406. The summed E-state index contributed by atoms with van der Waals surface area (Å²) in [4.78, 5) is 10.6.